The van der Waals surface area contributed by atoms with Crippen molar-refractivity contribution in [2.75, 3.05) is 11.5 Å². The first-order valence-electron chi connectivity index (χ1n) is 4.03. The van der Waals surface area contributed by atoms with Gasteiger partial charge in [0.1, 0.15) is 0 Å². The molecule has 0 fully saturated rings. The Morgan fingerprint density at radius 1 is 1.21 bits per heavy atom. The van der Waals surface area contributed by atoms with Crippen molar-refractivity contribution in [3.63, 3.8) is 0 Å². The van der Waals surface area contributed by atoms with Crippen molar-refractivity contribution in [2.45, 2.75) is 0 Å². The maximum Gasteiger partial charge on any atom is 0.157 e. The Kier molecular flexibility index (Phi) is 1.85. The summed E-state index contributed by atoms with van der Waals surface area (Å²) in [6.07, 6.45) is 1.61. The predicted octanol–water partition coefficient (Wildman–Crippen LogP) is 1.38. The number of nitrogens with zero attached hydrogens (tertiary/aromatic N) is 1. The Morgan fingerprint density at radius 3 is 2.64 bits per heavy atom. The van der Waals surface area contributed by atoms with Crippen molar-refractivity contribution in [1.82, 2.24) is 10.2 Å². The summed E-state index contributed by atoms with van der Waals surface area (Å²) in [5.41, 5.74) is 12.0. The Hall–Kier alpha value is -2.04. The minimum atomic E-state index is -0.530. The lowest BCUT2D eigenvalue weighted by atomic mass is 10.1. The Morgan fingerprint density at radius 2 is 2.00 bits per heavy atom. The SMILES string of the molecule is Nc1ccc(-c2cc[nH]n2)c(F)c1N. The topological polar surface area (TPSA) is 80.7 Å². The van der Waals surface area contributed by atoms with Crippen LogP contribution in [0.25, 0.3) is 11.3 Å². The van der Waals surface area contributed by atoms with E-state index in [1.165, 1.54) is 0 Å². The zero-order chi connectivity index (χ0) is 10.1. The number of nitrogens with two attached hydrogens (primary N) is 2. The minimum absolute atomic E-state index is 0.0366. The Balaban J connectivity index is 2.61. The van der Waals surface area contributed by atoms with Crippen molar-refractivity contribution < 1.29 is 4.39 Å². The highest BCUT2D eigenvalue weighted by Crippen LogP contribution is 2.28. The van der Waals surface area contributed by atoms with Crippen LogP contribution in [0.5, 0.6) is 0 Å². The van der Waals surface area contributed by atoms with E-state index in [1.54, 1.807) is 24.4 Å². The van der Waals surface area contributed by atoms with Crippen molar-refractivity contribution in [3.8, 4) is 11.3 Å². The molecule has 0 amide bonds. The second-order valence-electron chi connectivity index (χ2n) is 2.89. The molecule has 0 bridgehead atoms. The number of hydrogen-bond acceptors (Lipinski definition) is 3. The highest BCUT2D eigenvalue weighted by Gasteiger charge is 2.11. The molecule has 2 aromatic rings. The lowest BCUT2D eigenvalue weighted by Gasteiger charge is -2.04. The van der Waals surface area contributed by atoms with E-state index in [-0.39, 0.29) is 11.4 Å². The average molecular weight is 192 g/mol. The second kappa shape index (κ2) is 3.02. The third-order valence-electron chi connectivity index (χ3n) is 1.99. The summed E-state index contributed by atoms with van der Waals surface area (Å²) in [7, 11) is 0. The van der Waals surface area contributed by atoms with E-state index in [4.69, 9.17) is 11.5 Å². The fraction of sp³-hybridized carbons (Fsp3) is 0. The molecule has 0 radical (unpaired) electrons. The standard InChI is InChI=1S/C9H9FN4/c10-8-5(7-3-4-13-14-7)1-2-6(11)9(8)12/h1-4H,11-12H2,(H,13,14). The van der Waals surface area contributed by atoms with Gasteiger partial charge in [0.15, 0.2) is 5.82 Å². The first kappa shape index (κ1) is 8.55. The summed E-state index contributed by atoms with van der Waals surface area (Å²) in [6, 6.07) is 4.77. The molecule has 0 saturated heterocycles. The van der Waals surface area contributed by atoms with Crippen molar-refractivity contribution in [2.24, 2.45) is 0 Å². The Bertz CT molecular complexity index is 450. The molecule has 1 heterocycles. The number of halogens is 1. The van der Waals surface area contributed by atoms with Crippen LogP contribution in [0.3, 0.4) is 0 Å². The zero-order valence-corrected chi connectivity index (χ0v) is 7.29. The normalized spacial score (nSPS) is 10.4. The molecule has 0 spiro atoms. The third kappa shape index (κ3) is 1.19. The number of H-pyrrole nitrogens is 1. The largest absolute Gasteiger partial charge is 0.397 e. The van der Waals surface area contributed by atoms with Gasteiger partial charge in [0.25, 0.3) is 0 Å². The first-order valence-corrected chi connectivity index (χ1v) is 4.03. The molecular weight excluding hydrogens is 183 g/mol. The predicted molar refractivity (Wildman–Crippen MR) is 52.8 cm³/mol. The van der Waals surface area contributed by atoms with E-state index in [1.807, 2.05) is 0 Å². The van der Waals surface area contributed by atoms with Gasteiger partial charge in [0, 0.05) is 11.8 Å². The van der Waals surface area contributed by atoms with Gasteiger partial charge < -0.3 is 11.5 Å². The maximum atomic E-state index is 13.6. The van der Waals surface area contributed by atoms with E-state index in [9.17, 15) is 4.39 Å². The highest BCUT2D eigenvalue weighted by atomic mass is 19.1. The number of rotatable bonds is 1. The number of aromatic amines is 1. The highest BCUT2D eigenvalue weighted by molar-refractivity contribution is 5.73. The van der Waals surface area contributed by atoms with E-state index in [0.29, 0.717) is 11.3 Å². The molecule has 1 aromatic heterocycles. The van der Waals surface area contributed by atoms with Crippen LogP contribution in [0.4, 0.5) is 15.8 Å². The number of aromatic nitrogens is 2. The molecule has 5 heteroatoms. The molecular formula is C9H9FN4. The minimum Gasteiger partial charge on any atom is -0.397 e. The maximum absolute atomic E-state index is 13.6. The number of hydrogen-bond donors (Lipinski definition) is 3. The first-order chi connectivity index (χ1) is 6.70. The molecule has 2 rings (SSSR count). The van der Waals surface area contributed by atoms with E-state index in [2.05, 4.69) is 10.2 Å². The van der Waals surface area contributed by atoms with Crippen LogP contribution in [0.15, 0.2) is 24.4 Å². The van der Waals surface area contributed by atoms with Crippen LogP contribution in [-0.2, 0) is 0 Å². The van der Waals surface area contributed by atoms with Crippen molar-refractivity contribution in [3.05, 3.63) is 30.2 Å². The van der Waals surface area contributed by atoms with Crippen molar-refractivity contribution >= 4 is 11.4 Å². The lowest BCUT2D eigenvalue weighted by molar-refractivity contribution is 0.636. The van der Waals surface area contributed by atoms with Gasteiger partial charge in [-0.3, -0.25) is 5.10 Å². The fourth-order valence-electron chi connectivity index (χ4n) is 1.22. The zero-order valence-electron chi connectivity index (χ0n) is 7.29. The van der Waals surface area contributed by atoms with Gasteiger partial charge >= 0.3 is 0 Å². The molecule has 1 aromatic carbocycles. The third-order valence-corrected chi connectivity index (χ3v) is 1.99. The van der Waals surface area contributed by atoms with E-state index in [0.717, 1.165) is 0 Å². The number of nitrogens with one attached hydrogen (secondary N) is 1. The number of benzene rings is 1. The van der Waals surface area contributed by atoms with Gasteiger partial charge in [-0.25, -0.2) is 4.39 Å². The lowest BCUT2D eigenvalue weighted by Crippen LogP contribution is -1.99. The molecule has 0 aliphatic rings. The summed E-state index contributed by atoms with van der Waals surface area (Å²) >= 11 is 0. The Labute approximate surface area is 79.7 Å². The molecule has 14 heavy (non-hydrogen) atoms. The molecule has 0 aliphatic heterocycles. The molecule has 0 saturated carbocycles. The van der Waals surface area contributed by atoms with Crippen LogP contribution in [0.1, 0.15) is 0 Å². The van der Waals surface area contributed by atoms with Gasteiger partial charge in [-0.1, -0.05) is 0 Å². The summed E-state index contributed by atoms with van der Waals surface area (Å²) in [5, 5.41) is 6.46. The molecule has 0 aliphatic carbocycles. The molecule has 0 unspecified atom stereocenters. The van der Waals surface area contributed by atoms with Crippen LogP contribution in [0, 0.1) is 5.82 Å². The smallest absolute Gasteiger partial charge is 0.157 e. The van der Waals surface area contributed by atoms with E-state index < -0.39 is 5.82 Å². The van der Waals surface area contributed by atoms with Crippen LogP contribution in [0.2, 0.25) is 0 Å². The van der Waals surface area contributed by atoms with Gasteiger partial charge in [-0.15, -0.1) is 0 Å². The quantitative estimate of drug-likeness (QED) is 0.597. The summed E-state index contributed by atoms with van der Waals surface area (Å²) in [4.78, 5) is 0. The van der Waals surface area contributed by atoms with Crippen LogP contribution >= 0.6 is 0 Å². The summed E-state index contributed by atoms with van der Waals surface area (Å²) < 4.78 is 13.6. The average Bonchev–Trinajstić information content (AvgIpc) is 2.67. The molecule has 0 atom stereocenters. The van der Waals surface area contributed by atoms with Gasteiger partial charge in [-0.05, 0) is 18.2 Å². The molecule has 5 N–H and O–H groups in total. The summed E-state index contributed by atoms with van der Waals surface area (Å²) in [5.74, 6) is -0.530. The van der Waals surface area contributed by atoms with Gasteiger partial charge in [0.2, 0.25) is 0 Å². The number of anilines is 2. The van der Waals surface area contributed by atoms with Crippen LogP contribution in [-0.4, -0.2) is 10.2 Å². The second-order valence-corrected chi connectivity index (χ2v) is 2.89. The van der Waals surface area contributed by atoms with Gasteiger partial charge in [-0.2, -0.15) is 5.10 Å². The van der Waals surface area contributed by atoms with E-state index >= 15 is 0 Å². The molecule has 72 valence electrons. The number of nitrogen functional groups attached to an aromatic ring is 2. The summed E-state index contributed by atoms with van der Waals surface area (Å²) in [6.45, 7) is 0. The van der Waals surface area contributed by atoms with Gasteiger partial charge in [0.05, 0.1) is 17.1 Å². The van der Waals surface area contributed by atoms with Crippen LogP contribution < -0.4 is 11.5 Å². The monoisotopic (exact) mass is 192 g/mol. The van der Waals surface area contributed by atoms with Crippen molar-refractivity contribution in [1.29, 1.82) is 0 Å². The molecule has 4 nitrogen and oxygen atoms in total. The fourth-order valence-corrected chi connectivity index (χ4v) is 1.22.